The van der Waals surface area contributed by atoms with Crippen molar-refractivity contribution in [3.63, 3.8) is 0 Å². The number of likely N-dealkylation sites (tertiary alicyclic amines) is 1. The molecular weight excluding hydrogens is 274 g/mol. The van der Waals surface area contributed by atoms with E-state index in [9.17, 15) is 0 Å². The molecule has 2 aromatic rings. The van der Waals surface area contributed by atoms with E-state index >= 15 is 0 Å². The van der Waals surface area contributed by atoms with Crippen LogP contribution in [-0.2, 0) is 0 Å². The van der Waals surface area contributed by atoms with Gasteiger partial charge in [-0.25, -0.2) is 0 Å². The van der Waals surface area contributed by atoms with Crippen molar-refractivity contribution in [2.45, 2.75) is 32.8 Å². The summed E-state index contributed by atoms with van der Waals surface area (Å²) < 4.78 is 6.30. The lowest BCUT2D eigenvalue weighted by Gasteiger charge is -2.29. The van der Waals surface area contributed by atoms with Gasteiger partial charge in [0.15, 0.2) is 0 Å². The number of pyridine rings is 2. The van der Waals surface area contributed by atoms with Crippen molar-refractivity contribution in [2.24, 2.45) is 0 Å². The molecule has 0 saturated carbocycles. The molecule has 1 aliphatic heterocycles. The van der Waals surface area contributed by atoms with Crippen molar-refractivity contribution in [1.29, 1.82) is 0 Å². The highest BCUT2D eigenvalue weighted by Gasteiger charge is 2.20. The highest BCUT2D eigenvalue weighted by molar-refractivity contribution is 5.66. The fraction of sp³-hybridized carbons (Fsp3) is 0.444. The van der Waals surface area contributed by atoms with Crippen LogP contribution in [0.25, 0.3) is 11.3 Å². The molecule has 3 rings (SSSR count). The normalized spacial score (nSPS) is 16.7. The van der Waals surface area contributed by atoms with Crippen molar-refractivity contribution in [2.75, 3.05) is 20.1 Å². The number of aryl methyl sites for hydroxylation is 2. The van der Waals surface area contributed by atoms with Crippen molar-refractivity contribution in [3.8, 4) is 17.0 Å². The second kappa shape index (κ2) is 6.44. The molecule has 0 bridgehead atoms. The number of hydrogen-bond acceptors (Lipinski definition) is 4. The molecule has 1 fully saturated rings. The Balaban J connectivity index is 1.88. The molecule has 0 aliphatic carbocycles. The first-order chi connectivity index (χ1) is 10.6. The molecule has 4 heteroatoms. The highest BCUT2D eigenvalue weighted by atomic mass is 16.5. The number of aromatic nitrogens is 2. The highest BCUT2D eigenvalue weighted by Crippen LogP contribution is 2.30. The lowest BCUT2D eigenvalue weighted by atomic mass is 10.1. The predicted molar refractivity (Wildman–Crippen MR) is 88.1 cm³/mol. The standard InChI is InChI=1S/C18H23N3O/c1-13-10-17(22-16-5-8-21(3)9-6-16)18(20-12-13)15-4-7-19-14(2)11-15/h4,7,10-12,16H,5-6,8-9H2,1-3H3. The Morgan fingerprint density at radius 1 is 1.14 bits per heavy atom. The van der Waals surface area contributed by atoms with Gasteiger partial charge in [0.05, 0.1) is 0 Å². The fourth-order valence-corrected chi connectivity index (χ4v) is 2.82. The van der Waals surface area contributed by atoms with Crippen LogP contribution in [0.15, 0.2) is 30.6 Å². The fourth-order valence-electron chi connectivity index (χ4n) is 2.82. The molecule has 0 unspecified atom stereocenters. The summed E-state index contributed by atoms with van der Waals surface area (Å²) in [6.45, 7) is 6.23. The Hall–Kier alpha value is -1.94. The average molecular weight is 297 g/mol. The smallest absolute Gasteiger partial charge is 0.146 e. The van der Waals surface area contributed by atoms with Crippen LogP contribution in [-0.4, -0.2) is 41.1 Å². The van der Waals surface area contributed by atoms with Crippen molar-refractivity contribution in [1.82, 2.24) is 14.9 Å². The van der Waals surface area contributed by atoms with Gasteiger partial charge in [-0.3, -0.25) is 9.97 Å². The Morgan fingerprint density at radius 2 is 1.91 bits per heavy atom. The summed E-state index contributed by atoms with van der Waals surface area (Å²) >= 11 is 0. The minimum Gasteiger partial charge on any atom is -0.488 e. The number of rotatable bonds is 3. The summed E-state index contributed by atoms with van der Waals surface area (Å²) in [6.07, 6.45) is 6.14. The Bertz CT molecular complexity index is 649. The van der Waals surface area contributed by atoms with E-state index in [2.05, 4.69) is 41.0 Å². The SMILES string of the molecule is Cc1cnc(-c2ccnc(C)c2)c(OC2CCN(C)CC2)c1. The van der Waals surface area contributed by atoms with Crippen LogP contribution >= 0.6 is 0 Å². The minimum absolute atomic E-state index is 0.279. The first-order valence-electron chi connectivity index (χ1n) is 7.86. The zero-order valence-corrected chi connectivity index (χ0v) is 13.5. The van der Waals surface area contributed by atoms with Crippen LogP contribution in [0.2, 0.25) is 0 Å². The second-order valence-corrected chi connectivity index (χ2v) is 6.17. The first-order valence-corrected chi connectivity index (χ1v) is 7.86. The summed E-state index contributed by atoms with van der Waals surface area (Å²) in [5, 5.41) is 0. The van der Waals surface area contributed by atoms with Gasteiger partial charge < -0.3 is 9.64 Å². The molecule has 116 valence electrons. The zero-order valence-electron chi connectivity index (χ0n) is 13.5. The van der Waals surface area contributed by atoms with E-state index in [4.69, 9.17) is 4.74 Å². The van der Waals surface area contributed by atoms with Crippen molar-refractivity contribution >= 4 is 0 Å². The third-order valence-corrected chi connectivity index (χ3v) is 4.12. The lowest BCUT2D eigenvalue weighted by molar-refractivity contribution is 0.114. The molecule has 3 heterocycles. The van der Waals surface area contributed by atoms with Crippen LogP contribution < -0.4 is 4.74 Å². The largest absolute Gasteiger partial charge is 0.488 e. The number of ether oxygens (including phenoxy) is 1. The lowest BCUT2D eigenvalue weighted by Crippen LogP contribution is -2.35. The first kappa shape index (κ1) is 15.0. The van der Waals surface area contributed by atoms with Gasteiger partial charge >= 0.3 is 0 Å². The minimum atomic E-state index is 0.279. The van der Waals surface area contributed by atoms with E-state index in [1.807, 2.05) is 25.4 Å². The summed E-state index contributed by atoms with van der Waals surface area (Å²) in [7, 11) is 2.16. The zero-order chi connectivity index (χ0) is 15.5. The van der Waals surface area contributed by atoms with Gasteiger partial charge in [0.25, 0.3) is 0 Å². The van der Waals surface area contributed by atoms with E-state index < -0.39 is 0 Å². The molecule has 0 atom stereocenters. The van der Waals surface area contributed by atoms with E-state index in [1.54, 1.807) is 0 Å². The van der Waals surface area contributed by atoms with Gasteiger partial charge in [0.1, 0.15) is 17.5 Å². The molecule has 0 spiro atoms. The third kappa shape index (κ3) is 3.45. The van der Waals surface area contributed by atoms with Gasteiger partial charge in [0, 0.05) is 36.7 Å². The van der Waals surface area contributed by atoms with Crippen LogP contribution in [0.4, 0.5) is 0 Å². The maximum Gasteiger partial charge on any atom is 0.146 e. The van der Waals surface area contributed by atoms with E-state index in [0.29, 0.717) is 0 Å². The predicted octanol–water partition coefficient (Wildman–Crippen LogP) is 3.23. The maximum absolute atomic E-state index is 6.30. The number of piperidine rings is 1. The quantitative estimate of drug-likeness (QED) is 0.872. The summed E-state index contributed by atoms with van der Waals surface area (Å²) in [5.41, 5.74) is 4.09. The van der Waals surface area contributed by atoms with Crippen molar-refractivity contribution < 1.29 is 4.74 Å². The van der Waals surface area contributed by atoms with Crippen LogP contribution in [0, 0.1) is 13.8 Å². The Morgan fingerprint density at radius 3 is 2.64 bits per heavy atom. The number of nitrogens with zero attached hydrogens (tertiary/aromatic N) is 3. The molecule has 0 aromatic carbocycles. The van der Waals surface area contributed by atoms with Crippen molar-refractivity contribution in [3.05, 3.63) is 41.9 Å². The molecule has 22 heavy (non-hydrogen) atoms. The molecule has 1 saturated heterocycles. The molecule has 0 N–H and O–H groups in total. The summed E-state index contributed by atoms with van der Waals surface area (Å²) in [5.74, 6) is 0.889. The van der Waals surface area contributed by atoms with Crippen LogP contribution in [0.5, 0.6) is 5.75 Å². The molecule has 0 amide bonds. The summed E-state index contributed by atoms with van der Waals surface area (Å²) in [4.78, 5) is 11.2. The van der Waals surface area contributed by atoms with Gasteiger partial charge in [-0.2, -0.15) is 0 Å². The third-order valence-electron chi connectivity index (χ3n) is 4.12. The molecular formula is C18H23N3O. The van der Waals surface area contributed by atoms with E-state index in [1.165, 1.54) is 0 Å². The van der Waals surface area contributed by atoms with Gasteiger partial charge in [-0.1, -0.05) is 0 Å². The second-order valence-electron chi connectivity index (χ2n) is 6.17. The van der Waals surface area contributed by atoms with E-state index in [-0.39, 0.29) is 6.10 Å². The van der Waals surface area contributed by atoms with Gasteiger partial charge in [0.2, 0.25) is 0 Å². The summed E-state index contributed by atoms with van der Waals surface area (Å²) in [6, 6.07) is 6.14. The van der Waals surface area contributed by atoms with Crippen LogP contribution in [0.1, 0.15) is 24.1 Å². The van der Waals surface area contributed by atoms with E-state index in [0.717, 1.165) is 54.2 Å². The Kier molecular flexibility index (Phi) is 4.39. The van der Waals surface area contributed by atoms with Gasteiger partial charge in [-0.15, -0.1) is 0 Å². The number of hydrogen-bond donors (Lipinski definition) is 0. The molecule has 0 radical (unpaired) electrons. The molecule has 4 nitrogen and oxygen atoms in total. The topological polar surface area (TPSA) is 38.3 Å². The van der Waals surface area contributed by atoms with Gasteiger partial charge in [-0.05, 0) is 57.5 Å². The van der Waals surface area contributed by atoms with Crippen LogP contribution in [0.3, 0.4) is 0 Å². The molecule has 2 aromatic heterocycles. The average Bonchev–Trinajstić information content (AvgIpc) is 2.50. The maximum atomic E-state index is 6.30. The molecule has 1 aliphatic rings. The Labute approximate surface area is 132 Å². The monoisotopic (exact) mass is 297 g/mol.